The number of nitrogens with zero attached hydrogens (tertiary/aromatic N) is 1. The number of aliphatic hydroxyl groups is 1. The largest absolute Gasteiger partial charge is 0.395 e. The molecule has 3 aromatic rings. The van der Waals surface area contributed by atoms with Crippen molar-refractivity contribution < 1.29 is 9.90 Å². The van der Waals surface area contributed by atoms with Crippen LogP contribution < -0.4 is 10.9 Å². The second kappa shape index (κ2) is 9.13. The Kier molecular flexibility index (Phi) is 6.57. The smallest absolute Gasteiger partial charge is 0.322 e. The summed E-state index contributed by atoms with van der Waals surface area (Å²) >= 11 is 0. The summed E-state index contributed by atoms with van der Waals surface area (Å²) in [5, 5.41) is 13.3. The van der Waals surface area contributed by atoms with Crippen molar-refractivity contribution >= 4 is 22.6 Å². The van der Waals surface area contributed by atoms with Gasteiger partial charge in [-0.25, -0.2) is 4.79 Å². The highest BCUT2D eigenvalue weighted by Gasteiger charge is 2.18. The topological polar surface area (TPSA) is 85.4 Å². The van der Waals surface area contributed by atoms with Crippen molar-refractivity contribution in [1.29, 1.82) is 0 Å². The zero-order valence-electron chi connectivity index (χ0n) is 18.0. The summed E-state index contributed by atoms with van der Waals surface area (Å²) in [4.78, 5) is 30.0. The van der Waals surface area contributed by atoms with Crippen LogP contribution in [0.5, 0.6) is 0 Å². The summed E-state index contributed by atoms with van der Waals surface area (Å²) < 4.78 is 0. The van der Waals surface area contributed by atoms with Crippen LogP contribution in [-0.4, -0.2) is 34.2 Å². The molecule has 0 atom stereocenters. The van der Waals surface area contributed by atoms with Gasteiger partial charge in [0.05, 0.1) is 18.7 Å². The number of aryl methyl sites for hydroxylation is 2. The molecule has 0 bridgehead atoms. The standard InChI is InChI=1S/C24H29N3O3/c1-15(2)20-7-5-6-8-21(20)25-24(30)27(9-10-28)14-19-13-18-12-16(3)11-17(4)22(18)26-23(19)29/h5-8,11-13,15,28H,9-10,14H2,1-4H3,(H,25,30)(H,26,29). The molecule has 2 aromatic carbocycles. The molecule has 0 fully saturated rings. The highest BCUT2D eigenvalue weighted by Crippen LogP contribution is 2.24. The van der Waals surface area contributed by atoms with Gasteiger partial charge in [-0.15, -0.1) is 0 Å². The summed E-state index contributed by atoms with van der Waals surface area (Å²) in [5.74, 6) is 0.252. The van der Waals surface area contributed by atoms with Gasteiger partial charge in [0.15, 0.2) is 0 Å². The Bertz CT molecular complexity index is 1120. The molecule has 6 heteroatoms. The van der Waals surface area contributed by atoms with Gasteiger partial charge in [0, 0.05) is 17.8 Å². The van der Waals surface area contributed by atoms with Gasteiger partial charge in [0.1, 0.15) is 0 Å². The summed E-state index contributed by atoms with van der Waals surface area (Å²) in [6.07, 6.45) is 0. The second-order valence-corrected chi connectivity index (χ2v) is 7.99. The minimum atomic E-state index is -0.350. The molecule has 2 amide bonds. The number of nitrogens with one attached hydrogen (secondary N) is 2. The monoisotopic (exact) mass is 407 g/mol. The van der Waals surface area contributed by atoms with E-state index in [1.54, 1.807) is 0 Å². The number of anilines is 1. The molecule has 1 heterocycles. The first-order chi connectivity index (χ1) is 14.3. The van der Waals surface area contributed by atoms with Crippen molar-refractivity contribution in [3.8, 4) is 0 Å². The Morgan fingerprint density at radius 3 is 2.60 bits per heavy atom. The number of carbonyl (C=O) groups excluding carboxylic acids is 1. The van der Waals surface area contributed by atoms with Gasteiger partial charge >= 0.3 is 6.03 Å². The number of hydrogen-bond acceptors (Lipinski definition) is 3. The Morgan fingerprint density at radius 1 is 1.17 bits per heavy atom. The molecule has 6 nitrogen and oxygen atoms in total. The number of fused-ring (bicyclic) bond motifs is 1. The number of hydrogen-bond donors (Lipinski definition) is 3. The normalized spacial score (nSPS) is 11.1. The number of carbonyl (C=O) groups is 1. The average Bonchev–Trinajstić information content (AvgIpc) is 2.69. The van der Waals surface area contributed by atoms with E-state index in [4.69, 9.17) is 0 Å². The Hall–Kier alpha value is -3.12. The molecule has 0 unspecified atom stereocenters. The predicted octanol–water partition coefficient (Wildman–Crippen LogP) is 4.29. The summed E-state index contributed by atoms with van der Waals surface area (Å²) in [6, 6.07) is 13.2. The van der Waals surface area contributed by atoms with Crippen molar-refractivity contribution in [2.45, 2.75) is 40.2 Å². The lowest BCUT2D eigenvalue weighted by Gasteiger charge is -2.23. The zero-order valence-corrected chi connectivity index (χ0v) is 18.0. The average molecular weight is 408 g/mol. The summed E-state index contributed by atoms with van der Waals surface area (Å²) in [6.45, 7) is 8.14. The fraction of sp³-hybridized carbons (Fsp3) is 0.333. The number of urea groups is 1. The molecular formula is C24H29N3O3. The second-order valence-electron chi connectivity index (χ2n) is 7.99. The summed E-state index contributed by atoms with van der Waals surface area (Å²) in [7, 11) is 0. The number of para-hydroxylation sites is 1. The van der Waals surface area contributed by atoms with Gasteiger partial charge in [0.25, 0.3) is 5.56 Å². The van der Waals surface area contributed by atoms with E-state index in [-0.39, 0.29) is 37.2 Å². The molecule has 3 rings (SSSR count). The van der Waals surface area contributed by atoms with Gasteiger partial charge in [-0.3, -0.25) is 4.79 Å². The molecule has 1 aromatic heterocycles. The number of aliphatic hydroxyl groups excluding tert-OH is 1. The van der Waals surface area contributed by atoms with Crippen LogP contribution in [0.3, 0.4) is 0 Å². The predicted molar refractivity (Wildman–Crippen MR) is 121 cm³/mol. The van der Waals surface area contributed by atoms with Crippen molar-refractivity contribution in [3.63, 3.8) is 0 Å². The van der Waals surface area contributed by atoms with Crippen LogP contribution in [0.4, 0.5) is 10.5 Å². The van der Waals surface area contributed by atoms with E-state index in [0.29, 0.717) is 5.56 Å². The lowest BCUT2D eigenvalue weighted by Crippen LogP contribution is -2.38. The van der Waals surface area contributed by atoms with E-state index in [1.165, 1.54) is 4.90 Å². The first-order valence-electron chi connectivity index (χ1n) is 10.2. The Balaban J connectivity index is 1.90. The molecule has 0 aliphatic rings. The van der Waals surface area contributed by atoms with E-state index < -0.39 is 0 Å². The van der Waals surface area contributed by atoms with Gasteiger partial charge in [-0.1, -0.05) is 43.7 Å². The molecule has 0 spiro atoms. The van der Waals surface area contributed by atoms with Gasteiger partial charge in [0.2, 0.25) is 0 Å². The maximum Gasteiger partial charge on any atom is 0.322 e. The lowest BCUT2D eigenvalue weighted by atomic mass is 10.0. The van der Waals surface area contributed by atoms with Crippen LogP contribution in [-0.2, 0) is 6.54 Å². The maximum absolute atomic E-state index is 13.0. The molecular weight excluding hydrogens is 378 g/mol. The molecule has 0 aliphatic heterocycles. The first-order valence-corrected chi connectivity index (χ1v) is 10.2. The van der Waals surface area contributed by atoms with Gasteiger partial charge < -0.3 is 20.3 Å². The molecule has 0 radical (unpaired) electrons. The van der Waals surface area contributed by atoms with Crippen LogP contribution in [0.25, 0.3) is 10.9 Å². The van der Waals surface area contributed by atoms with E-state index in [9.17, 15) is 14.7 Å². The van der Waals surface area contributed by atoms with Crippen LogP contribution in [0.2, 0.25) is 0 Å². The van der Waals surface area contributed by atoms with Gasteiger partial charge in [-0.2, -0.15) is 0 Å². The van der Waals surface area contributed by atoms with Crippen LogP contribution >= 0.6 is 0 Å². The number of amides is 2. The highest BCUT2D eigenvalue weighted by molar-refractivity contribution is 5.90. The fourth-order valence-electron chi connectivity index (χ4n) is 3.74. The first kappa shape index (κ1) is 21.6. The number of benzene rings is 2. The third-order valence-electron chi connectivity index (χ3n) is 5.21. The molecule has 0 saturated heterocycles. The van der Waals surface area contributed by atoms with E-state index in [1.807, 2.05) is 56.3 Å². The van der Waals surface area contributed by atoms with Gasteiger partial charge in [-0.05, 0) is 54.5 Å². The lowest BCUT2D eigenvalue weighted by molar-refractivity contribution is 0.185. The van der Waals surface area contributed by atoms with Crippen LogP contribution in [0.1, 0.15) is 42.0 Å². The van der Waals surface area contributed by atoms with Crippen LogP contribution in [0.15, 0.2) is 47.3 Å². The number of rotatable bonds is 6. The van der Waals surface area contributed by atoms with Crippen molar-refractivity contribution in [3.05, 3.63) is 75.1 Å². The third-order valence-corrected chi connectivity index (χ3v) is 5.21. The number of pyridine rings is 1. The maximum atomic E-state index is 13.0. The molecule has 0 aliphatic carbocycles. The van der Waals surface area contributed by atoms with E-state index >= 15 is 0 Å². The van der Waals surface area contributed by atoms with Crippen molar-refractivity contribution in [2.75, 3.05) is 18.5 Å². The van der Waals surface area contributed by atoms with Crippen molar-refractivity contribution in [2.24, 2.45) is 0 Å². The SMILES string of the molecule is Cc1cc(C)c2[nH]c(=O)c(CN(CCO)C(=O)Nc3ccccc3C(C)C)cc2c1. The van der Waals surface area contributed by atoms with Crippen LogP contribution in [0, 0.1) is 13.8 Å². The molecule has 3 N–H and O–H groups in total. The van der Waals surface area contributed by atoms with E-state index in [0.717, 1.165) is 33.3 Å². The highest BCUT2D eigenvalue weighted by atomic mass is 16.3. The zero-order chi connectivity index (χ0) is 21.8. The van der Waals surface area contributed by atoms with Crippen molar-refractivity contribution in [1.82, 2.24) is 9.88 Å². The number of H-pyrrole nitrogens is 1. The Labute approximate surface area is 176 Å². The third kappa shape index (κ3) is 4.71. The summed E-state index contributed by atoms with van der Waals surface area (Å²) in [5.41, 5.74) is 4.93. The molecule has 0 saturated carbocycles. The fourth-order valence-corrected chi connectivity index (χ4v) is 3.74. The number of aromatic nitrogens is 1. The Morgan fingerprint density at radius 2 is 1.90 bits per heavy atom. The minimum Gasteiger partial charge on any atom is -0.395 e. The van der Waals surface area contributed by atoms with E-state index in [2.05, 4.69) is 24.1 Å². The number of aromatic amines is 1. The molecule has 158 valence electrons. The molecule has 30 heavy (non-hydrogen) atoms. The minimum absolute atomic E-state index is 0.106. The quantitative estimate of drug-likeness (QED) is 0.570.